The molecule has 1 aliphatic rings. The van der Waals surface area contributed by atoms with Crippen molar-refractivity contribution >= 4 is 11.9 Å². The van der Waals surface area contributed by atoms with Gasteiger partial charge in [0.1, 0.15) is 12.9 Å². The quantitative estimate of drug-likeness (QED) is 0.707. The topological polar surface area (TPSA) is 106 Å². The average Bonchev–Trinajstić information content (AvgIpc) is 2.74. The van der Waals surface area contributed by atoms with Crippen molar-refractivity contribution in [1.29, 1.82) is 0 Å². The van der Waals surface area contributed by atoms with Crippen molar-refractivity contribution in [2.75, 3.05) is 12.3 Å². The number of nitrogens with two attached hydrogens (primary N) is 1. The summed E-state index contributed by atoms with van der Waals surface area (Å²) in [6.45, 7) is 2.19. The highest BCUT2D eigenvalue weighted by Crippen LogP contribution is 2.31. The molecule has 106 valence electrons. The summed E-state index contributed by atoms with van der Waals surface area (Å²) in [7, 11) is 0. The number of carbonyl (C=O) groups is 1. The SMILES string of the molecule is CC1CCCC(CO)(NC(=O)Cn2cnc(N)n2)C1. The summed E-state index contributed by atoms with van der Waals surface area (Å²) in [5, 5.41) is 16.4. The number of nitrogens with one attached hydrogen (secondary N) is 1. The summed E-state index contributed by atoms with van der Waals surface area (Å²) < 4.78 is 1.39. The van der Waals surface area contributed by atoms with E-state index in [0.29, 0.717) is 5.92 Å². The van der Waals surface area contributed by atoms with E-state index in [0.717, 1.165) is 25.7 Å². The smallest absolute Gasteiger partial charge is 0.242 e. The first-order chi connectivity index (χ1) is 9.03. The van der Waals surface area contributed by atoms with E-state index in [1.807, 2.05) is 0 Å². The lowest BCUT2D eigenvalue weighted by Crippen LogP contribution is -2.54. The lowest BCUT2D eigenvalue weighted by molar-refractivity contribution is -0.125. The second-order valence-electron chi connectivity index (χ2n) is 5.49. The van der Waals surface area contributed by atoms with Gasteiger partial charge in [0.2, 0.25) is 11.9 Å². The summed E-state index contributed by atoms with van der Waals surface area (Å²) >= 11 is 0. The van der Waals surface area contributed by atoms with Gasteiger partial charge in [-0.15, -0.1) is 5.10 Å². The molecular formula is C12H21N5O2. The van der Waals surface area contributed by atoms with E-state index in [2.05, 4.69) is 22.3 Å². The van der Waals surface area contributed by atoms with Gasteiger partial charge >= 0.3 is 0 Å². The van der Waals surface area contributed by atoms with Crippen LogP contribution in [0.25, 0.3) is 0 Å². The second-order valence-corrected chi connectivity index (χ2v) is 5.49. The van der Waals surface area contributed by atoms with Gasteiger partial charge in [0.05, 0.1) is 12.1 Å². The number of aliphatic hydroxyl groups is 1. The Balaban J connectivity index is 1.96. The third kappa shape index (κ3) is 3.44. The van der Waals surface area contributed by atoms with Crippen LogP contribution in [0.1, 0.15) is 32.6 Å². The fourth-order valence-electron chi connectivity index (χ4n) is 2.82. The minimum Gasteiger partial charge on any atom is -0.394 e. The molecule has 2 unspecified atom stereocenters. The minimum atomic E-state index is -0.485. The zero-order valence-electron chi connectivity index (χ0n) is 11.2. The number of carbonyl (C=O) groups excluding carboxylic acids is 1. The van der Waals surface area contributed by atoms with Crippen molar-refractivity contribution in [2.45, 2.75) is 44.7 Å². The zero-order chi connectivity index (χ0) is 13.9. The summed E-state index contributed by atoms with van der Waals surface area (Å²) in [6, 6.07) is 0. The number of aliphatic hydroxyl groups excluding tert-OH is 1. The molecule has 0 bridgehead atoms. The van der Waals surface area contributed by atoms with Gasteiger partial charge in [-0.2, -0.15) is 0 Å². The van der Waals surface area contributed by atoms with Crippen molar-refractivity contribution in [3.63, 3.8) is 0 Å². The molecular weight excluding hydrogens is 246 g/mol. The van der Waals surface area contributed by atoms with Gasteiger partial charge in [-0.05, 0) is 18.8 Å². The second kappa shape index (κ2) is 5.56. The minimum absolute atomic E-state index is 0.0252. The highest BCUT2D eigenvalue weighted by atomic mass is 16.3. The van der Waals surface area contributed by atoms with Crippen LogP contribution in [0.15, 0.2) is 6.33 Å². The number of nitrogen functional groups attached to an aromatic ring is 1. The molecule has 1 fully saturated rings. The first-order valence-corrected chi connectivity index (χ1v) is 6.60. The summed E-state index contributed by atoms with van der Waals surface area (Å²) in [4.78, 5) is 15.8. The highest BCUT2D eigenvalue weighted by Gasteiger charge is 2.35. The van der Waals surface area contributed by atoms with Crippen molar-refractivity contribution in [3.8, 4) is 0 Å². The normalized spacial score (nSPS) is 27.2. The largest absolute Gasteiger partial charge is 0.394 e. The number of aromatic nitrogens is 3. The maximum Gasteiger partial charge on any atom is 0.242 e. The first kappa shape index (κ1) is 13.8. The third-order valence-electron chi connectivity index (χ3n) is 3.66. The number of hydrogen-bond acceptors (Lipinski definition) is 5. The van der Waals surface area contributed by atoms with Gasteiger partial charge in [0.15, 0.2) is 0 Å². The van der Waals surface area contributed by atoms with E-state index in [1.54, 1.807) is 0 Å². The number of rotatable bonds is 4. The molecule has 0 spiro atoms. The molecule has 2 rings (SSSR count). The Hall–Kier alpha value is -1.63. The van der Waals surface area contributed by atoms with Gasteiger partial charge in [0, 0.05) is 0 Å². The number of amides is 1. The molecule has 7 heteroatoms. The third-order valence-corrected chi connectivity index (χ3v) is 3.66. The fraction of sp³-hybridized carbons (Fsp3) is 0.750. The molecule has 1 aromatic heterocycles. The van der Waals surface area contributed by atoms with Crippen molar-refractivity contribution in [1.82, 2.24) is 20.1 Å². The fourth-order valence-corrected chi connectivity index (χ4v) is 2.82. The van der Waals surface area contributed by atoms with Crippen LogP contribution < -0.4 is 11.1 Å². The highest BCUT2D eigenvalue weighted by molar-refractivity contribution is 5.76. The molecule has 4 N–H and O–H groups in total. The average molecular weight is 267 g/mol. The number of hydrogen-bond donors (Lipinski definition) is 3. The monoisotopic (exact) mass is 267 g/mol. The molecule has 0 aromatic carbocycles. The molecule has 1 heterocycles. The predicted molar refractivity (Wildman–Crippen MR) is 70.0 cm³/mol. The van der Waals surface area contributed by atoms with E-state index in [4.69, 9.17) is 5.73 Å². The van der Waals surface area contributed by atoms with Crippen LogP contribution in [-0.2, 0) is 11.3 Å². The van der Waals surface area contributed by atoms with Crippen LogP contribution in [0.4, 0.5) is 5.95 Å². The Labute approximate surface area is 112 Å². The van der Waals surface area contributed by atoms with Crippen molar-refractivity contribution < 1.29 is 9.90 Å². The van der Waals surface area contributed by atoms with Crippen LogP contribution in [0.2, 0.25) is 0 Å². The molecule has 0 aliphatic heterocycles. The molecule has 2 atom stereocenters. The molecule has 1 aliphatic carbocycles. The van der Waals surface area contributed by atoms with Crippen LogP contribution in [-0.4, -0.2) is 37.9 Å². The van der Waals surface area contributed by atoms with Gasteiger partial charge in [-0.25, -0.2) is 9.67 Å². The predicted octanol–water partition coefficient (Wildman–Crippen LogP) is -0.0823. The van der Waals surface area contributed by atoms with Crippen LogP contribution in [0, 0.1) is 5.92 Å². The van der Waals surface area contributed by atoms with Crippen LogP contribution >= 0.6 is 0 Å². The Morgan fingerprint density at radius 3 is 3.11 bits per heavy atom. The Kier molecular flexibility index (Phi) is 4.04. The maximum atomic E-state index is 12.0. The standard InChI is InChI=1S/C12H21N5O2/c1-9-3-2-4-12(5-9,7-18)15-10(19)6-17-8-14-11(13)16-17/h8-9,18H,2-7H2,1H3,(H2,13,16)(H,15,19). The zero-order valence-corrected chi connectivity index (χ0v) is 11.2. The van der Waals surface area contributed by atoms with E-state index in [-0.39, 0.29) is 25.0 Å². The summed E-state index contributed by atoms with van der Waals surface area (Å²) in [5.74, 6) is 0.493. The van der Waals surface area contributed by atoms with Crippen LogP contribution in [0.5, 0.6) is 0 Å². The molecule has 0 saturated heterocycles. The van der Waals surface area contributed by atoms with E-state index >= 15 is 0 Å². The van der Waals surface area contributed by atoms with Crippen molar-refractivity contribution in [2.24, 2.45) is 5.92 Å². The van der Waals surface area contributed by atoms with E-state index < -0.39 is 5.54 Å². The molecule has 7 nitrogen and oxygen atoms in total. The van der Waals surface area contributed by atoms with E-state index in [1.165, 1.54) is 11.0 Å². The van der Waals surface area contributed by atoms with Gasteiger partial charge in [-0.1, -0.05) is 19.8 Å². The number of anilines is 1. The molecule has 19 heavy (non-hydrogen) atoms. The van der Waals surface area contributed by atoms with Crippen molar-refractivity contribution in [3.05, 3.63) is 6.33 Å². The Morgan fingerprint density at radius 2 is 2.53 bits per heavy atom. The first-order valence-electron chi connectivity index (χ1n) is 6.60. The maximum absolute atomic E-state index is 12.0. The lowest BCUT2D eigenvalue weighted by atomic mass is 9.77. The lowest BCUT2D eigenvalue weighted by Gasteiger charge is -2.39. The van der Waals surface area contributed by atoms with Gasteiger partial charge in [0.25, 0.3) is 0 Å². The van der Waals surface area contributed by atoms with E-state index in [9.17, 15) is 9.90 Å². The Bertz CT molecular complexity index is 447. The summed E-state index contributed by atoms with van der Waals surface area (Å²) in [6.07, 6.45) is 5.23. The molecule has 1 amide bonds. The van der Waals surface area contributed by atoms with Gasteiger partial charge < -0.3 is 16.2 Å². The molecule has 1 aromatic rings. The summed E-state index contributed by atoms with van der Waals surface area (Å²) in [5.41, 5.74) is 4.91. The molecule has 1 saturated carbocycles. The molecule has 0 radical (unpaired) electrons. The van der Waals surface area contributed by atoms with Crippen LogP contribution in [0.3, 0.4) is 0 Å². The Morgan fingerprint density at radius 1 is 1.74 bits per heavy atom. The van der Waals surface area contributed by atoms with Gasteiger partial charge in [-0.3, -0.25) is 4.79 Å². The number of nitrogens with zero attached hydrogens (tertiary/aromatic N) is 3.